The van der Waals surface area contributed by atoms with Gasteiger partial charge >= 0.3 is 0 Å². The van der Waals surface area contributed by atoms with E-state index in [1.807, 2.05) is 6.07 Å². The minimum Gasteiger partial charge on any atom is -0.497 e. The molecular formula is C25H22Cl2O4. The second-order valence-corrected chi connectivity index (χ2v) is 7.95. The molecule has 0 unspecified atom stereocenters. The topological polar surface area (TPSA) is 52.6 Å². The van der Waals surface area contributed by atoms with Crippen molar-refractivity contribution >= 4 is 34.8 Å². The standard InChI is InChI=1S/C25H22Cl2O4/c1-30-21-11-12-25(31-2)22(15-21)18(13-23(28)16-3-7-19(26)8-4-16)14-24(29)17-5-9-20(27)10-6-17/h3-12,15,18H,13-14H2,1-2H3. The summed E-state index contributed by atoms with van der Waals surface area (Å²) in [6.07, 6.45) is 0.259. The third-order valence-corrected chi connectivity index (χ3v) is 5.58. The molecule has 3 aromatic carbocycles. The highest BCUT2D eigenvalue weighted by Gasteiger charge is 2.25. The van der Waals surface area contributed by atoms with Gasteiger partial charge in [0.15, 0.2) is 11.6 Å². The number of halogens is 2. The Morgan fingerprint density at radius 1 is 0.742 bits per heavy atom. The van der Waals surface area contributed by atoms with Crippen molar-refractivity contribution in [1.82, 2.24) is 0 Å². The van der Waals surface area contributed by atoms with Gasteiger partial charge in [-0.05, 0) is 66.7 Å². The van der Waals surface area contributed by atoms with Gasteiger partial charge in [-0.25, -0.2) is 0 Å². The summed E-state index contributed by atoms with van der Waals surface area (Å²) < 4.78 is 10.9. The maximum absolute atomic E-state index is 13.0. The highest BCUT2D eigenvalue weighted by Crippen LogP contribution is 2.36. The summed E-state index contributed by atoms with van der Waals surface area (Å²) in [5, 5.41) is 1.11. The predicted octanol–water partition coefficient (Wildman–Crippen LogP) is 6.64. The van der Waals surface area contributed by atoms with Crippen molar-refractivity contribution in [2.45, 2.75) is 18.8 Å². The van der Waals surface area contributed by atoms with Crippen LogP contribution in [0.5, 0.6) is 11.5 Å². The molecule has 3 rings (SSSR count). The molecule has 0 aliphatic carbocycles. The Morgan fingerprint density at radius 2 is 1.23 bits per heavy atom. The molecule has 0 radical (unpaired) electrons. The van der Waals surface area contributed by atoms with E-state index >= 15 is 0 Å². The first-order valence-electron chi connectivity index (χ1n) is 9.70. The van der Waals surface area contributed by atoms with Crippen LogP contribution in [0, 0.1) is 0 Å². The lowest BCUT2D eigenvalue weighted by Crippen LogP contribution is -2.14. The monoisotopic (exact) mass is 456 g/mol. The average Bonchev–Trinajstić information content (AvgIpc) is 2.78. The zero-order valence-electron chi connectivity index (χ0n) is 17.2. The molecule has 0 atom stereocenters. The van der Waals surface area contributed by atoms with Gasteiger partial charge in [0.05, 0.1) is 14.2 Å². The lowest BCUT2D eigenvalue weighted by molar-refractivity contribution is 0.0944. The van der Waals surface area contributed by atoms with E-state index in [-0.39, 0.29) is 24.4 Å². The summed E-state index contributed by atoms with van der Waals surface area (Å²) in [6.45, 7) is 0. The number of ether oxygens (including phenoxy) is 2. The zero-order valence-corrected chi connectivity index (χ0v) is 18.7. The van der Waals surface area contributed by atoms with E-state index in [9.17, 15) is 9.59 Å². The Bertz CT molecular complexity index is 1000. The Labute approximate surface area is 191 Å². The van der Waals surface area contributed by atoms with Gasteiger partial charge in [0.1, 0.15) is 11.5 Å². The number of benzene rings is 3. The van der Waals surface area contributed by atoms with E-state index in [1.54, 1.807) is 74.9 Å². The Hall–Kier alpha value is -2.82. The van der Waals surface area contributed by atoms with E-state index in [4.69, 9.17) is 32.7 Å². The normalized spacial score (nSPS) is 10.7. The van der Waals surface area contributed by atoms with Crippen LogP contribution >= 0.6 is 23.2 Å². The molecule has 4 nitrogen and oxygen atoms in total. The van der Waals surface area contributed by atoms with Gasteiger partial charge in [0.2, 0.25) is 0 Å². The van der Waals surface area contributed by atoms with Gasteiger partial charge < -0.3 is 9.47 Å². The average molecular weight is 457 g/mol. The first-order chi connectivity index (χ1) is 14.9. The Kier molecular flexibility index (Phi) is 7.72. The largest absolute Gasteiger partial charge is 0.497 e. The maximum Gasteiger partial charge on any atom is 0.163 e. The molecule has 0 fully saturated rings. The molecule has 0 saturated heterocycles. The zero-order chi connectivity index (χ0) is 22.4. The van der Waals surface area contributed by atoms with Crippen molar-refractivity contribution in [3.8, 4) is 11.5 Å². The van der Waals surface area contributed by atoms with Crippen LogP contribution in [0.4, 0.5) is 0 Å². The molecule has 0 bridgehead atoms. The lowest BCUT2D eigenvalue weighted by atomic mass is 9.85. The number of hydrogen-bond donors (Lipinski definition) is 0. The number of ketones is 2. The van der Waals surface area contributed by atoms with Crippen LogP contribution in [0.1, 0.15) is 45.0 Å². The lowest BCUT2D eigenvalue weighted by Gasteiger charge is -2.20. The van der Waals surface area contributed by atoms with Gasteiger partial charge in [0, 0.05) is 45.5 Å². The summed E-state index contributed by atoms with van der Waals surface area (Å²) in [6, 6.07) is 18.8. The molecule has 0 aliphatic rings. The quantitative estimate of drug-likeness (QED) is 0.338. The Morgan fingerprint density at radius 3 is 1.65 bits per heavy atom. The van der Waals surface area contributed by atoms with E-state index in [0.29, 0.717) is 32.7 Å². The first kappa shape index (κ1) is 22.9. The predicted molar refractivity (Wildman–Crippen MR) is 123 cm³/mol. The van der Waals surface area contributed by atoms with Crippen molar-refractivity contribution in [3.63, 3.8) is 0 Å². The minimum atomic E-state index is -0.406. The molecule has 31 heavy (non-hydrogen) atoms. The molecule has 0 saturated carbocycles. The number of carbonyl (C=O) groups excluding carboxylic acids is 2. The third kappa shape index (κ3) is 5.87. The molecule has 0 aromatic heterocycles. The van der Waals surface area contributed by atoms with Crippen LogP contribution in [-0.2, 0) is 0 Å². The summed E-state index contributed by atoms with van der Waals surface area (Å²) >= 11 is 11.9. The number of rotatable bonds is 9. The summed E-state index contributed by atoms with van der Waals surface area (Å²) in [5.74, 6) is 0.639. The van der Waals surface area contributed by atoms with E-state index in [0.717, 1.165) is 5.56 Å². The minimum absolute atomic E-state index is 0.0876. The fraction of sp³-hybridized carbons (Fsp3) is 0.200. The van der Waals surface area contributed by atoms with Crippen LogP contribution in [0.15, 0.2) is 66.7 Å². The summed E-state index contributed by atoms with van der Waals surface area (Å²) in [5.41, 5.74) is 1.82. The molecule has 0 heterocycles. The van der Waals surface area contributed by atoms with E-state index < -0.39 is 5.92 Å². The van der Waals surface area contributed by atoms with Crippen LogP contribution in [0.25, 0.3) is 0 Å². The molecular weight excluding hydrogens is 435 g/mol. The molecule has 0 aliphatic heterocycles. The fourth-order valence-electron chi connectivity index (χ4n) is 3.41. The second-order valence-electron chi connectivity index (χ2n) is 7.07. The van der Waals surface area contributed by atoms with Gasteiger partial charge in [-0.3, -0.25) is 9.59 Å². The molecule has 3 aromatic rings. The van der Waals surface area contributed by atoms with Gasteiger partial charge in [-0.15, -0.1) is 0 Å². The fourth-order valence-corrected chi connectivity index (χ4v) is 3.66. The molecule has 160 valence electrons. The molecule has 0 N–H and O–H groups in total. The SMILES string of the molecule is COc1ccc(OC)c(C(CC(=O)c2ccc(Cl)cc2)CC(=O)c2ccc(Cl)cc2)c1. The first-order valence-corrected chi connectivity index (χ1v) is 10.5. The van der Waals surface area contributed by atoms with E-state index in [2.05, 4.69) is 0 Å². The molecule has 0 amide bonds. The summed E-state index contributed by atoms with van der Waals surface area (Å²) in [4.78, 5) is 26.0. The maximum atomic E-state index is 13.0. The van der Waals surface area contributed by atoms with Crippen LogP contribution in [0.3, 0.4) is 0 Å². The number of Topliss-reactive ketones (excluding diaryl/α,β-unsaturated/α-hetero) is 2. The summed E-state index contributed by atoms with van der Waals surface area (Å²) in [7, 11) is 3.13. The highest BCUT2D eigenvalue weighted by molar-refractivity contribution is 6.31. The Balaban J connectivity index is 1.95. The number of hydrogen-bond acceptors (Lipinski definition) is 4. The van der Waals surface area contributed by atoms with Crippen molar-refractivity contribution in [3.05, 3.63) is 93.5 Å². The number of methoxy groups -OCH3 is 2. The van der Waals surface area contributed by atoms with Crippen molar-refractivity contribution in [2.75, 3.05) is 14.2 Å². The molecule has 0 spiro atoms. The van der Waals surface area contributed by atoms with Gasteiger partial charge in [-0.1, -0.05) is 23.2 Å². The smallest absolute Gasteiger partial charge is 0.163 e. The van der Waals surface area contributed by atoms with Crippen molar-refractivity contribution < 1.29 is 19.1 Å². The van der Waals surface area contributed by atoms with E-state index in [1.165, 1.54) is 0 Å². The van der Waals surface area contributed by atoms with Crippen LogP contribution in [-0.4, -0.2) is 25.8 Å². The second kappa shape index (κ2) is 10.5. The van der Waals surface area contributed by atoms with Crippen molar-refractivity contribution in [2.24, 2.45) is 0 Å². The van der Waals surface area contributed by atoms with Crippen LogP contribution < -0.4 is 9.47 Å². The highest BCUT2D eigenvalue weighted by atomic mass is 35.5. The number of carbonyl (C=O) groups is 2. The van der Waals surface area contributed by atoms with Crippen molar-refractivity contribution in [1.29, 1.82) is 0 Å². The molecule has 6 heteroatoms. The van der Waals surface area contributed by atoms with Gasteiger partial charge in [0.25, 0.3) is 0 Å². The van der Waals surface area contributed by atoms with Crippen LogP contribution in [0.2, 0.25) is 10.0 Å². The third-order valence-electron chi connectivity index (χ3n) is 5.07. The van der Waals surface area contributed by atoms with Gasteiger partial charge in [-0.2, -0.15) is 0 Å².